The highest BCUT2D eigenvalue weighted by Crippen LogP contribution is 2.48. The third-order valence-electron chi connectivity index (χ3n) is 2.60. The molecule has 0 amide bonds. The second kappa shape index (κ2) is 2.62. The predicted octanol–water partition coefficient (Wildman–Crippen LogP) is 1.80. The maximum Gasteiger partial charge on any atom is 0.473 e. The van der Waals surface area contributed by atoms with E-state index in [1.807, 2.05) is 0 Å². The molecular formula is C8H13F3O3. The van der Waals surface area contributed by atoms with Gasteiger partial charge in [0.1, 0.15) is 0 Å². The van der Waals surface area contributed by atoms with Crippen LogP contribution >= 0.6 is 0 Å². The molecule has 0 bridgehead atoms. The molecule has 0 aromatic carbocycles. The van der Waals surface area contributed by atoms with Crippen LogP contribution in [0.3, 0.4) is 0 Å². The van der Waals surface area contributed by atoms with Gasteiger partial charge in [0.15, 0.2) is 0 Å². The first-order valence-corrected chi connectivity index (χ1v) is 4.11. The first-order valence-electron chi connectivity index (χ1n) is 4.11. The highest BCUT2D eigenvalue weighted by atomic mass is 19.4. The summed E-state index contributed by atoms with van der Waals surface area (Å²) in [5.41, 5.74) is -2.42. The Kier molecular flexibility index (Phi) is 2.20. The van der Waals surface area contributed by atoms with Crippen LogP contribution in [0, 0.1) is 0 Å². The van der Waals surface area contributed by atoms with E-state index in [-0.39, 0.29) is 0 Å². The molecule has 1 N–H and O–H groups in total. The molecule has 1 rings (SSSR count). The zero-order valence-corrected chi connectivity index (χ0v) is 8.40. The van der Waals surface area contributed by atoms with Crippen LogP contribution < -0.4 is 0 Å². The standard InChI is InChI=1S/C8H13F3O3/c1-5(2)6(3,4)14-8(12,13-5)7(9,10)11/h12H,1-4H3. The van der Waals surface area contributed by atoms with Crippen molar-refractivity contribution in [2.75, 3.05) is 0 Å². The summed E-state index contributed by atoms with van der Waals surface area (Å²) in [4.78, 5) is 0. The van der Waals surface area contributed by atoms with E-state index in [9.17, 15) is 13.2 Å². The van der Waals surface area contributed by atoms with Crippen LogP contribution in [0.5, 0.6) is 0 Å². The minimum absolute atomic E-state index is 1.21. The molecule has 0 unspecified atom stereocenters. The molecule has 3 nitrogen and oxygen atoms in total. The van der Waals surface area contributed by atoms with Crippen molar-refractivity contribution in [1.82, 2.24) is 0 Å². The summed E-state index contributed by atoms with van der Waals surface area (Å²) in [7, 11) is 0. The molecule has 0 saturated carbocycles. The van der Waals surface area contributed by atoms with Gasteiger partial charge in [0.25, 0.3) is 0 Å². The van der Waals surface area contributed by atoms with Gasteiger partial charge < -0.3 is 14.6 Å². The number of ether oxygens (including phenoxy) is 2. The highest BCUT2D eigenvalue weighted by Gasteiger charge is 2.69. The van der Waals surface area contributed by atoms with Gasteiger partial charge in [-0.15, -0.1) is 0 Å². The SMILES string of the molecule is CC1(C)OC(O)(C(F)(F)F)OC1(C)C. The third kappa shape index (κ3) is 1.51. The van der Waals surface area contributed by atoms with Crippen molar-refractivity contribution in [2.24, 2.45) is 0 Å². The lowest BCUT2D eigenvalue weighted by molar-refractivity contribution is -0.449. The second-order valence-electron chi connectivity index (χ2n) is 4.30. The number of halogens is 3. The second-order valence-corrected chi connectivity index (χ2v) is 4.30. The first-order chi connectivity index (χ1) is 5.91. The fourth-order valence-electron chi connectivity index (χ4n) is 1.07. The molecule has 84 valence electrons. The van der Waals surface area contributed by atoms with E-state index in [0.717, 1.165) is 0 Å². The van der Waals surface area contributed by atoms with Gasteiger partial charge in [0.05, 0.1) is 11.2 Å². The monoisotopic (exact) mass is 214 g/mol. The van der Waals surface area contributed by atoms with E-state index in [0.29, 0.717) is 0 Å². The zero-order valence-electron chi connectivity index (χ0n) is 8.40. The van der Waals surface area contributed by atoms with Crippen molar-refractivity contribution in [3.05, 3.63) is 0 Å². The number of hydrogen-bond acceptors (Lipinski definition) is 3. The van der Waals surface area contributed by atoms with E-state index in [4.69, 9.17) is 5.11 Å². The lowest BCUT2D eigenvalue weighted by Crippen LogP contribution is -2.47. The van der Waals surface area contributed by atoms with Gasteiger partial charge in [-0.3, -0.25) is 0 Å². The Bertz CT molecular complexity index is 229. The van der Waals surface area contributed by atoms with Gasteiger partial charge in [-0.05, 0) is 27.7 Å². The van der Waals surface area contributed by atoms with Gasteiger partial charge in [0, 0.05) is 0 Å². The molecule has 1 fully saturated rings. The van der Waals surface area contributed by atoms with Crippen molar-refractivity contribution in [2.45, 2.75) is 51.0 Å². The van der Waals surface area contributed by atoms with Crippen LogP contribution in [0.4, 0.5) is 13.2 Å². The number of rotatable bonds is 0. The van der Waals surface area contributed by atoms with Crippen LogP contribution in [0.2, 0.25) is 0 Å². The molecule has 0 aromatic heterocycles. The molecule has 0 aliphatic carbocycles. The predicted molar refractivity (Wildman–Crippen MR) is 41.3 cm³/mol. The Hall–Kier alpha value is -0.330. The quantitative estimate of drug-likeness (QED) is 0.668. The molecule has 1 aliphatic heterocycles. The van der Waals surface area contributed by atoms with Crippen molar-refractivity contribution < 1.29 is 27.8 Å². The molecule has 14 heavy (non-hydrogen) atoms. The Morgan fingerprint density at radius 3 is 1.36 bits per heavy atom. The van der Waals surface area contributed by atoms with Gasteiger partial charge in [-0.2, -0.15) is 13.2 Å². The van der Waals surface area contributed by atoms with Crippen LogP contribution in [-0.4, -0.2) is 28.5 Å². The summed E-state index contributed by atoms with van der Waals surface area (Å²) in [6, 6.07) is 0. The average Bonchev–Trinajstić information content (AvgIpc) is 1.95. The topological polar surface area (TPSA) is 38.7 Å². The Labute approximate surface area is 79.8 Å². The largest absolute Gasteiger partial charge is 0.473 e. The lowest BCUT2D eigenvalue weighted by Gasteiger charge is -2.29. The lowest BCUT2D eigenvalue weighted by atomic mass is 9.90. The molecule has 0 atom stereocenters. The van der Waals surface area contributed by atoms with Crippen LogP contribution in [0.25, 0.3) is 0 Å². The van der Waals surface area contributed by atoms with Crippen LogP contribution in [0.15, 0.2) is 0 Å². The molecule has 0 radical (unpaired) electrons. The fraction of sp³-hybridized carbons (Fsp3) is 1.00. The Balaban J connectivity index is 3.03. The normalized spacial score (nSPS) is 29.1. The number of alkyl halides is 3. The summed E-state index contributed by atoms with van der Waals surface area (Å²) in [6.07, 6.45) is -4.96. The minimum Gasteiger partial charge on any atom is -0.336 e. The average molecular weight is 214 g/mol. The van der Waals surface area contributed by atoms with Gasteiger partial charge in [0.2, 0.25) is 0 Å². The van der Waals surface area contributed by atoms with Gasteiger partial charge >= 0.3 is 12.1 Å². The van der Waals surface area contributed by atoms with Crippen LogP contribution in [-0.2, 0) is 9.47 Å². The summed E-state index contributed by atoms with van der Waals surface area (Å²) in [6.45, 7) is 5.71. The van der Waals surface area contributed by atoms with E-state index in [1.54, 1.807) is 0 Å². The first kappa shape index (κ1) is 11.7. The van der Waals surface area contributed by atoms with E-state index >= 15 is 0 Å². The molecule has 1 saturated heterocycles. The molecule has 0 aromatic rings. The molecule has 1 aliphatic rings. The maximum atomic E-state index is 12.3. The molecule has 0 spiro atoms. The Morgan fingerprint density at radius 2 is 1.21 bits per heavy atom. The van der Waals surface area contributed by atoms with Crippen molar-refractivity contribution >= 4 is 0 Å². The van der Waals surface area contributed by atoms with Crippen LogP contribution in [0.1, 0.15) is 27.7 Å². The van der Waals surface area contributed by atoms with Gasteiger partial charge in [-0.25, -0.2) is 0 Å². The van der Waals surface area contributed by atoms with Crippen molar-refractivity contribution in [1.29, 1.82) is 0 Å². The summed E-state index contributed by atoms with van der Waals surface area (Å²) in [5, 5.41) is 9.13. The van der Waals surface area contributed by atoms with Crippen molar-refractivity contribution in [3.63, 3.8) is 0 Å². The summed E-state index contributed by atoms with van der Waals surface area (Å²) in [5.74, 6) is -3.50. The molecule has 6 heteroatoms. The van der Waals surface area contributed by atoms with Gasteiger partial charge in [-0.1, -0.05) is 0 Å². The number of aliphatic hydroxyl groups is 1. The molecule has 1 heterocycles. The van der Waals surface area contributed by atoms with Crippen molar-refractivity contribution in [3.8, 4) is 0 Å². The molecular weight excluding hydrogens is 201 g/mol. The Morgan fingerprint density at radius 1 is 0.929 bits per heavy atom. The zero-order chi connectivity index (χ0) is 11.4. The minimum atomic E-state index is -4.96. The maximum absolute atomic E-state index is 12.3. The summed E-state index contributed by atoms with van der Waals surface area (Å²) >= 11 is 0. The van der Waals surface area contributed by atoms with E-state index in [2.05, 4.69) is 9.47 Å². The third-order valence-corrected chi connectivity index (χ3v) is 2.60. The smallest absolute Gasteiger partial charge is 0.336 e. The number of hydrogen-bond donors (Lipinski definition) is 1. The summed E-state index contributed by atoms with van der Waals surface area (Å²) < 4.78 is 46.0. The van der Waals surface area contributed by atoms with E-state index < -0.39 is 23.4 Å². The van der Waals surface area contributed by atoms with E-state index in [1.165, 1.54) is 27.7 Å². The highest BCUT2D eigenvalue weighted by molar-refractivity contribution is 4.97. The fourth-order valence-corrected chi connectivity index (χ4v) is 1.07.